The molecule has 0 aromatic carbocycles. The highest BCUT2D eigenvalue weighted by molar-refractivity contribution is 5.96. The lowest BCUT2D eigenvalue weighted by molar-refractivity contribution is 0.0775. The van der Waals surface area contributed by atoms with Gasteiger partial charge in [0.05, 0.1) is 11.8 Å². The lowest BCUT2D eigenvalue weighted by Crippen LogP contribution is -2.38. The molecule has 2 rings (SSSR count). The van der Waals surface area contributed by atoms with Crippen molar-refractivity contribution in [1.82, 2.24) is 14.8 Å². The molecule has 1 N–H and O–H groups in total. The van der Waals surface area contributed by atoms with E-state index in [1.807, 2.05) is 4.90 Å². The van der Waals surface area contributed by atoms with Crippen LogP contribution in [0.4, 0.5) is 0 Å². The van der Waals surface area contributed by atoms with Crippen LogP contribution >= 0.6 is 0 Å². The standard InChI is InChI=1S/C14H21N3O2/c1-3-16(4-2)11-6-8-17(10-11)14(19)12-5-7-15-9-13(12)18/h5,7,9,11,18H,3-4,6,8,10H2,1-2H3. The van der Waals surface area contributed by atoms with Crippen LogP contribution in [0.5, 0.6) is 5.75 Å². The van der Waals surface area contributed by atoms with Gasteiger partial charge in [-0.15, -0.1) is 0 Å². The predicted octanol–water partition coefficient (Wildman–Crippen LogP) is 1.34. The van der Waals surface area contributed by atoms with E-state index in [0.717, 1.165) is 32.6 Å². The summed E-state index contributed by atoms with van der Waals surface area (Å²) in [6.07, 6.45) is 3.84. The topological polar surface area (TPSA) is 56.7 Å². The summed E-state index contributed by atoms with van der Waals surface area (Å²) in [7, 11) is 0. The maximum absolute atomic E-state index is 12.3. The van der Waals surface area contributed by atoms with Crippen LogP contribution in [0.3, 0.4) is 0 Å². The van der Waals surface area contributed by atoms with Gasteiger partial charge in [-0.3, -0.25) is 14.7 Å². The summed E-state index contributed by atoms with van der Waals surface area (Å²) in [5, 5.41) is 9.69. The van der Waals surface area contributed by atoms with Gasteiger partial charge in [0.15, 0.2) is 0 Å². The number of carbonyl (C=O) groups is 1. The van der Waals surface area contributed by atoms with Gasteiger partial charge in [-0.2, -0.15) is 0 Å². The van der Waals surface area contributed by atoms with Crippen LogP contribution in [0.15, 0.2) is 18.5 Å². The summed E-state index contributed by atoms with van der Waals surface area (Å²) in [6, 6.07) is 2.01. The number of aromatic nitrogens is 1. The number of pyridine rings is 1. The zero-order chi connectivity index (χ0) is 13.8. The van der Waals surface area contributed by atoms with Crippen molar-refractivity contribution >= 4 is 5.91 Å². The second-order valence-corrected chi connectivity index (χ2v) is 4.81. The van der Waals surface area contributed by atoms with E-state index < -0.39 is 0 Å². The van der Waals surface area contributed by atoms with Crippen molar-refractivity contribution in [2.45, 2.75) is 26.3 Å². The molecule has 5 nitrogen and oxygen atoms in total. The highest BCUT2D eigenvalue weighted by Crippen LogP contribution is 2.21. The highest BCUT2D eigenvalue weighted by Gasteiger charge is 2.30. The number of nitrogens with zero attached hydrogens (tertiary/aromatic N) is 3. The number of likely N-dealkylation sites (N-methyl/N-ethyl adjacent to an activating group) is 1. The summed E-state index contributed by atoms with van der Waals surface area (Å²) in [6.45, 7) is 7.78. The molecule has 1 aliphatic heterocycles. The van der Waals surface area contributed by atoms with E-state index in [0.29, 0.717) is 11.6 Å². The minimum Gasteiger partial charge on any atom is -0.505 e. The Morgan fingerprint density at radius 3 is 2.89 bits per heavy atom. The first-order valence-corrected chi connectivity index (χ1v) is 6.83. The van der Waals surface area contributed by atoms with Gasteiger partial charge < -0.3 is 10.0 Å². The van der Waals surface area contributed by atoms with Gasteiger partial charge in [0.25, 0.3) is 5.91 Å². The zero-order valence-corrected chi connectivity index (χ0v) is 11.5. The van der Waals surface area contributed by atoms with Gasteiger partial charge in [-0.25, -0.2) is 0 Å². The second-order valence-electron chi connectivity index (χ2n) is 4.81. The van der Waals surface area contributed by atoms with Gasteiger partial charge in [-0.1, -0.05) is 13.8 Å². The molecule has 0 spiro atoms. The third-order valence-electron chi connectivity index (χ3n) is 3.81. The third kappa shape index (κ3) is 2.87. The monoisotopic (exact) mass is 263 g/mol. The number of rotatable bonds is 4. The van der Waals surface area contributed by atoms with Gasteiger partial charge >= 0.3 is 0 Å². The molecule has 0 aliphatic carbocycles. The van der Waals surface area contributed by atoms with Crippen LogP contribution in [0.2, 0.25) is 0 Å². The van der Waals surface area contributed by atoms with Crippen molar-refractivity contribution in [1.29, 1.82) is 0 Å². The Kier molecular flexibility index (Phi) is 4.37. The zero-order valence-electron chi connectivity index (χ0n) is 11.5. The van der Waals surface area contributed by atoms with E-state index in [1.165, 1.54) is 12.4 Å². The van der Waals surface area contributed by atoms with E-state index in [1.54, 1.807) is 6.07 Å². The largest absolute Gasteiger partial charge is 0.505 e. The Morgan fingerprint density at radius 1 is 1.53 bits per heavy atom. The van der Waals surface area contributed by atoms with E-state index in [2.05, 4.69) is 23.7 Å². The van der Waals surface area contributed by atoms with Crippen LogP contribution in [-0.2, 0) is 0 Å². The molecule has 1 aliphatic rings. The Morgan fingerprint density at radius 2 is 2.26 bits per heavy atom. The van der Waals surface area contributed by atoms with Crippen molar-refractivity contribution in [3.05, 3.63) is 24.0 Å². The lowest BCUT2D eigenvalue weighted by atomic mass is 10.2. The Balaban J connectivity index is 2.05. The first kappa shape index (κ1) is 13.8. The van der Waals surface area contributed by atoms with Crippen LogP contribution < -0.4 is 0 Å². The first-order valence-electron chi connectivity index (χ1n) is 6.83. The van der Waals surface area contributed by atoms with Gasteiger partial charge in [0.1, 0.15) is 5.75 Å². The summed E-state index contributed by atoms with van der Waals surface area (Å²) in [5.41, 5.74) is 0.343. The highest BCUT2D eigenvalue weighted by atomic mass is 16.3. The molecular weight excluding hydrogens is 242 g/mol. The number of hydrogen-bond donors (Lipinski definition) is 1. The molecule has 0 bridgehead atoms. The Bertz CT molecular complexity index is 446. The smallest absolute Gasteiger partial charge is 0.257 e. The molecular formula is C14H21N3O2. The van der Waals surface area contributed by atoms with Crippen LogP contribution in [-0.4, -0.2) is 58.0 Å². The summed E-state index contributed by atoms with van der Waals surface area (Å²) < 4.78 is 0. The fourth-order valence-corrected chi connectivity index (χ4v) is 2.70. The van der Waals surface area contributed by atoms with Crippen molar-refractivity contribution in [3.63, 3.8) is 0 Å². The minimum atomic E-state index is -0.102. The quantitative estimate of drug-likeness (QED) is 0.890. The average Bonchev–Trinajstić information content (AvgIpc) is 2.90. The lowest BCUT2D eigenvalue weighted by Gasteiger charge is -2.26. The molecule has 1 atom stereocenters. The molecule has 104 valence electrons. The summed E-state index contributed by atoms with van der Waals surface area (Å²) in [5.74, 6) is -0.145. The van der Waals surface area contributed by atoms with E-state index >= 15 is 0 Å². The van der Waals surface area contributed by atoms with Crippen molar-refractivity contribution in [3.8, 4) is 5.75 Å². The first-order chi connectivity index (χ1) is 9.17. The summed E-state index contributed by atoms with van der Waals surface area (Å²) >= 11 is 0. The third-order valence-corrected chi connectivity index (χ3v) is 3.81. The van der Waals surface area contributed by atoms with E-state index in [-0.39, 0.29) is 11.7 Å². The number of carbonyl (C=O) groups excluding carboxylic acids is 1. The molecule has 1 unspecified atom stereocenters. The molecule has 5 heteroatoms. The molecule has 0 radical (unpaired) electrons. The molecule has 1 saturated heterocycles. The van der Waals surface area contributed by atoms with E-state index in [4.69, 9.17) is 0 Å². The molecule has 1 aromatic rings. The van der Waals surface area contributed by atoms with Crippen LogP contribution in [0, 0.1) is 0 Å². The number of amides is 1. The maximum Gasteiger partial charge on any atom is 0.257 e. The second kappa shape index (κ2) is 6.02. The van der Waals surface area contributed by atoms with Crippen molar-refractivity contribution < 1.29 is 9.90 Å². The number of hydrogen-bond acceptors (Lipinski definition) is 4. The Labute approximate surface area is 113 Å². The molecule has 0 saturated carbocycles. The van der Waals surface area contributed by atoms with Crippen LogP contribution in [0.1, 0.15) is 30.6 Å². The number of aromatic hydroxyl groups is 1. The molecule has 2 heterocycles. The molecule has 1 amide bonds. The van der Waals surface area contributed by atoms with Gasteiger partial charge in [-0.05, 0) is 25.6 Å². The predicted molar refractivity (Wildman–Crippen MR) is 73.1 cm³/mol. The number of likely N-dealkylation sites (tertiary alicyclic amines) is 1. The normalized spacial score (nSPS) is 19.1. The maximum atomic E-state index is 12.3. The fraction of sp³-hybridized carbons (Fsp3) is 0.571. The minimum absolute atomic E-state index is 0.0428. The Hall–Kier alpha value is -1.62. The average molecular weight is 263 g/mol. The van der Waals surface area contributed by atoms with Gasteiger partial charge in [0.2, 0.25) is 0 Å². The van der Waals surface area contributed by atoms with Crippen molar-refractivity contribution in [2.75, 3.05) is 26.2 Å². The van der Waals surface area contributed by atoms with E-state index in [9.17, 15) is 9.90 Å². The fourth-order valence-electron chi connectivity index (χ4n) is 2.70. The molecule has 19 heavy (non-hydrogen) atoms. The SMILES string of the molecule is CCN(CC)C1CCN(C(=O)c2ccncc2O)C1. The van der Waals surface area contributed by atoms with Crippen LogP contribution in [0.25, 0.3) is 0 Å². The molecule has 1 aromatic heterocycles. The van der Waals surface area contributed by atoms with Crippen molar-refractivity contribution in [2.24, 2.45) is 0 Å². The molecule has 1 fully saturated rings. The van der Waals surface area contributed by atoms with Gasteiger partial charge in [0, 0.05) is 25.3 Å². The summed E-state index contributed by atoms with van der Waals surface area (Å²) in [4.78, 5) is 20.3.